The fraction of sp³-hybridized carbons (Fsp3) is 0.577. The van der Waals surface area contributed by atoms with Crippen LogP contribution in [-0.4, -0.2) is 36.3 Å². The monoisotopic (exact) mass is 427 g/mol. The maximum Gasteiger partial charge on any atom is 0.212 e. The van der Waals surface area contributed by atoms with Crippen LogP contribution >= 0.6 is 0 Å². The molecule has 0 radical (unpaired) electrons. The smallest absolute Gasteiger partial charge is 0.212 e. The third-order valence-electron chi connectivity index (χ3n) is 6.96. The molecule has 2 aromatic rings. The summed E-state index contributed by atoms with van der Waals surface area (Å²) < 4.78 is 11.2. The van der Waals surface area contributed by atoms with Gasteiger partial charge in [-0.15, -0.1) is 0 Å². The van der Waals surface area contributed by atoms with Gasteiger partial charge in [-0.25, -0.2) is 0 Å². The van der Waals surface area contributed by atoms with Crippen LogP contribution in [0.5, 0.6) is 11.5 Å². The number of hydrogen-bond acceptors (Lipinski definition) is 3. The minimum Gasteiger partial charge on any atom is -0.496 e. The van der Waals surface area contributed by atoms with Crippen LogP contribution < -0.4 is 9.47 Å². The van der Waals surface area contributed by atoms with Crippen molar-refractivity contribution in [3.8, 4) is 11.5 Å². The van der Waals surface area contributed by atoms with Crippen molar-refractivity contribution in [1.29, 1.82) is 0 Å². The van der Waals surface area contributed by atoms with E-state index in [4.69, 9.17) is 9.47 Å². The van der Waals surface area contributed by atoms with Crippen LogP contribution in [0.15, 0.2) is 30.3 Å². The first kappa shape index (κ1) is 21.5. The van der Waals surface area contributed by atoms with Crippen LogP contribution in [0.4, 0.5) is 0 Å². The Morgan fingerprint density at radius 1 is 0.833 bits per heavy atom. The van der Waals surface area contributed by atoms with Gasteiger partial charge in [-0.2, -0.15) is 0 Å². The Balaban J connectivity index is 1.67. The SMILES string of the molecule is COc1ccc(C(=O)C[S+](C2CCCCC2)C2CCCCC2)c2c(OC)cccc12. The van der Waals surface area contributed by atoms with E-state index in [1.807, 2.05) is 30.3 Å². The summed E-state index contributed by atoms with van der Waals surface area (Å²) in [6.07, 6.45) is 13.4. The molecule has 4 rings (SSSR count). The van der Waals surface area contributed by atoms with Crippen molar-refractivity contribution in [3.05, 3.63) is 35.9 Å². The topological polar surface area (TPSA) is 35.5 Å². The molecule has 2 aromatic carbocycles. The average Bonchev–Trinajstić information content (AvgIpc) is 2.82. The lowest BCUT2D eigenvalue weighted by Gasteiger charge is -2.30. The molecule has 0 amide bonds. The molecule has 162 valence electrons. The number of hydrogen-bond donors (Lipinski definition) is 0. The minimum absolute atomic E-state index is 0.192. The van der Waals surface area contributed by atoms with Gasteiger partial charge in [-0.1, -0.05) is 25.0 Å². The Hall–Kier alpha value is -1.68. The van der Waals surface area contributed by atoms with Gasteiger partial charge in [-0.05, 0) is 69.6 Å². The van der Waals surface area contributed by atoms with E-state index in [0.29, 0.717) is 5.75 Å². The van der Waals surface area contributed by atoms with Gasteiger partial charge in [0.1, 0.15) is 22.0 Å². The van der Waals surface area contributed by atoms with E-state index < -0.39 is 0 Å². The van der Waals surface area contributed by atoms with Crippen molar-refractivity contribution in [1.82, 2.24) is 0 Å². The van der Waals surface area contributed by atoms with E-state index in [2.05, 4.69) is 0 Å². The van der Waals surface area contributed by atoms with Crippen LogP contribution in [0.25, 0.3) is 10.8 Å². The van der Waals surface area contributed by atoms with Gasteiger partial charge in [0.15, 0.2) is 5.75 Å². The second-order valence-electron chi connectivity index (χ2n) is 8.76. The molecule has 0 saturated heterocycles. The highest BCUT2D eigenvalue weighted by Gasteiger charge is 2.41. The molecular weight excluding hydrogens is 392 g/mol. The maximum atomic E-state index is 13.7. The predicted molar refractivity (Wildman–Crippen MR) is 127 cm³/mol. The van der Waals surface area contributed by atoms with Gasteiger partial charge in [0.05, 0.1) is 14.2 Å². The first-order valence-electron chi connectivity index (χ1n) is 11.6. The summed E-state index contributed by atoms with van der Waals surface area (Å²) in [6, 6.07) is 9.83. The van der Waals surface area contributed by atoms with Gasteiger partial charge in [-0.3, -0.25) is 4.79 Å². The molecule has 0 spiro atoms. The van der Waals surface area contributed by atoms with Crippen LogP contribution in [0, 0.1) is 0 Å². The van der Waals surface area contributed by atoms with Crippen LogP contribution in [0.3, 0.4) is 0 Å². The first-order valence-corrected chi connectivity index (χ1v) is 13.1. The summed E-state index contributed by atoms with van der Waals surface area (Å²) in [6.45, 7) is 0. The van der Waals surface area contributed by atoms with Gasteiger partial charge in [0, 0.05) is 27.2 Å². The molecule has 0 atom stereocenters. The van der Waals surface area contributed by atoms with E-state index in [-0.39, 0.29) is 16.7 Å². The van der Waals surface area contributed by atoms with Crippen LogP contribution in [0.2, 0.25) is 0 Å². The summed E-state index contributed by atoms with van der Waals surface area (Å²) in [5.41, 5.74) is 0.798. The molecule has 4 heteroatoms. The van der Waals surface area contributed by atoms with Crippen molar-refractivity contribution in [2.45, 2.75) is 74.7 Å². The number of fused-ring (bicyclic) bond motifs is 1. The molecule has 2 saturated carbocycles. The lowest BCUT2D eigenvalue weighted by atomic mass is 9.99. The van der Waals surface area contributed by atoms with E-state index in [1.165, 1.54) is 64.2 Å². The Morgan fingerprint density at radius 3 is 2.00 bits per heavy atom. The van der Waals surface area contributed by atoms with Crippen LogP contribution in [-0.2, 0) is 10.9 Å². The molecule has 0 aliphatic heterocycles. The Morgan fingerprint density at radius 2 is 1.43 bits per heavy atom. The van der Waals surface area contributed by atoms with Crippen molar-refractivity contribution >= 4 is 27.5 Å². The first-order chi connectivity index (χ1) is 14.7. The predicted octanol–water partition coefficient (Wildman–Crippen LogP) is 6.32. The fourth-order valence-corrected chi connectivity index (χ4v) is 8.75. The number of ketones is 1. The number of methoxy groups -OCH3 is 2. The molecule has 0 heterocycles. The molecule has 2 aliphatic rings. The molecule has 0 N–H and O–H groups in total. The number of carbonyl (C=O) groups excluding carboxylic acids is 1. The van der Waals surface area contributed by atoms with Crippen LogP contribution in [0.1, 0.15) is 74.6 Å². The van der Waals surface area contributed by atoms with Crippen molar-refractivity contribution in [2.75, 3.05) is 20.0 Å². The van der Waals surface area contributed by atoms with Crippen molar-refractivity contribution < 1.29 is 14.3 Å². The number of ether oxygens (including phenoxy) is 2. The molecule has 30 heavy (non-hydrogen) atoms. The number of rotatable bonds is 7. The second-order valence-corrected chi connectivity index (χ2v) is 11.3. The van der Waals surface area contributed by atoms with Crippen molar-refractivity contribution in [2.24, 2.45) is 0 Å². The summed E-state index contributed by atoms with van der Waals surface area (Å²) in [4.78, 5) is 13.7. The summed E-state index contributed by atoms with van der Waals surface area (Å²) >= 11 is 0. The molecule has 0 unspecified atom stereocenters. The largest absolute Gasteiger partial charge is 0.496 e. The van der Waals surface area contributed by atoms with E-state index >= 15 is 0 Å². The standard InChI is InChI=1S/C26H35O3S/c1-28-24-17-16-21(26-22(24)14-9-15-25(26)29-2)23(27)18-30(19-10-5-3-6-11-19)20-12-7-4-8-13-20/h9,14-17,19-20H,3-8,10-13,18H2,1-2H3/q+1. The Bertz CT molecular complexity index is 848. The molecule has 0 bridgehead atoms. The zero-order valence-electron chi connectivity index (χ0n) is 18.5. The third-order valence-corrected chi connectivity index (χ3v) is 10.2. The molecule has 0 aromatic heterocycles. The maximum absolute atomic E-state index is 13.7. The molecular formula is C26H35O3S+. The lowest BCUT2D eigenvalue weighted by Crippen LogP contribution is -2.39. The van der Waals surface area contributed by atoms with Gasteiger partial charge < -0.3 is 9.47 Å². The van der Waals surface area contributed by atoms with Gasteiger partial charge in [0.25, 0.3) is 0 Å². The minimum atomic E-state index is 0.192. The zero-order valence-corrected chi connectivity index (χ0v) is 19.3. The van der Waals surface area contributed by atoms with E-state index in [1.54, 1.807) is 14.2 Å². The fourth-order valence-electron chi connectivity index (χ4n) is 5.40. The van der Waals surface area contributed by atoms with E-state index in [9.17, 15) is 4.79 Å². The average molecular weight is 428 g/mol. The Kier molecular flexibility index (Phi) is 7.24. The number of carbonyl (C=O) groups is 1. The number of Topliss-reactive ketones (excluding diaryl/α,β-unsaturated/α-hetero) is 1. The van der Waals surface area contributed by atoms with Gasteiger partial charge in [0.2, 0.25) is 5.78 Å². The molecule has 2 fully saturated rings. The number of benzene rings is 2. The Labute approximate surface area is 183 Å². The highest BCUT2D eigenvalue weighted by Crippen LogP contribution is 2.38. The highest BCUT2D eigenvalue weighted by molar-refractivity contribution is 7.98. The second kappa shape index (κ2) is 10.1. The highest BCUT2D eigenvalue weighted by atomic mass is 32.2. The molecule has 2 aliphatic carbocycles. The summed E-state index contributed by atoms with van der Waals surface area (Å²) in [5.74, 6) is 2.53. The lowest BCUT2D eigenvalue weighted by molar-refractivity contribution is 0.102. The van der Waals surface area contributed by atoms with Crippen molar-refractivity contribution in [3.63, 3.8) is 0 Å². The summed E-state index contributed by atoms with van der Waals surface area (Å²) in [7, 11) is 3.55. The van der Waals surface area contributed by atoms with Gasteiger partial charge >= 0.3 is 0 Å². The molecule has 3 nitrogen and oxygen atoms in total. The quantitative estimate of drug-likeness (QED) is 0.383. The third kappa shape index (κ3) is 4.49. The zero-order chi connectivity index (χ0) is 20.9. The van der Waals surface area contributed by atoms with E-state index in [0.717, 1.165) is 38.3 Å². The summed E-state index contributed by atoms with van der Waals surface area (Å²) in [5, 5.41) is 3.35. The normalized spacial score (nSPS) is 18.6.